The monoisotopic (exact) mass is 348 g/mol. The number of nitrogens with zero attached hydrogens (tertiary/aromatic N) is 1. The molecular weight excluding hydrogens is 332 g/mol. The van der Waals surface area contributed by atoms with Crippen LogP contribution in [-0.2, 0) is 14.8 Å². The molecule has 8 nitrogen and oxygen atoms in total. The van der Waals surface area contributed by atoms with Crippen LogP contribution in [0.5, 0.6) is 0 Å². The molecule has 0 unspecified atom stereocenters. The lowest BCUT2D eigenvalue weighted by Gasteiger charge is -2.34. The first-order valence-electron chi connectivity index (χ1n) is 6.47. The Labute approximate surface area is 131 Å². The van der Waals surface area contributed by atoms with Crippen molar-refractivity contribution in [2.45, 2.75) is 23.3 Å². The minimum atomic E-state index is -3.80. The zero-order chi connectivity index (χ0) is 16.5. The summed E-state index contributed by atoms with van der Waals surface area (Å²) in [7, 11) is -2.35. The molecule has 1 aromatic heterocycles. The Morgan fingerprint density at radius 3 is 2.45 bits per heavy atom. The Kier molecular flexibility index (Phi) is 4.57. The summed E-state index contributed by atoms with van der Waals surface area (Å²) < 4.78 is 26.1. The zero-order valence-electron chi connectivity index (χ0n) is 11.8. The molecule has 1 aliphatic heterocycles. The van der Waals surface area contributed by atoms with Gasteiger partial charge in [0.1, 0.15) is 0 Å². The van der Waals surface area contributed by atoms with E-state index in [2.05, 4.69) is 5.32 Å². The maximum absolute atomic E-state index is 12.5. The Balaban J connectivity index is 2.17. The topological polar surface area (TPSA) is 124 Å². The fourth-order valence-corrected chi connectivity index (χ4v) is 4.80. The van der Waals surface area contributed by atoms with Gasteiger partial charge in [0.15, 0.2) is 5.60 Å². The summed E-state index contributed by atoms with van der Waals surface area (Å²) in [5.74, 6) is -1.72. The van der Waals surface area contributed by atoms with Gasteiger partial charge in [0.05, 0.1) is 9.77 Å². The molecule has 0 saturated carbocycles. The SMILES string of the molecule is CNC(=O)c1cc(S(=O)(=O)N2CCC(O)(C(=O)O)CC2)cs1. The summed E-state index contributed by atoms with van der Waals surface area (Å²) in [4.78, 5) is 22.7. The van der Waals surface area contributed by atoms with Gasteiger partial charge >= 0.3 is 5.97 Å². The number of aliphatic hydroxyl groups is 1. The minimum absolute atomic E-state index is 0.00290. The summed E-state index contributed by atoms with van der Waals surface area (Å²) in [5.41, 5.74) is -1.88. The predicted molar refractivity (Wildman–Crippen MR) is 78.3 cm³/mol. The van der Waals surface area contributed by atoms with Crippen LogP contribution in [0.3, 0.4) is 0 Å². The van der Waals surface area contributed by atoms with E-state index >= 15 is 0 Å². The molecule has 2 rings (SSSR count). The lowest BCUT2D eigenvalue weighted by Crippen LogP contribution is -2.50. The van der Waals surface area contributed by atoms with Crippen LogP contribution in [0, 0.1) is 0 Å². The molecule has 1 amide bonds. The van der Waals surface area contributed by atoms with Crippen molar-refractivity contribution in [3.05, 3.63) is 16.3 Å². The number of aliphatic carboxylic acids is 1. The van der Waals surface area contributed by atoms with E-state index in [4.69, 9.17) is 5.11 Å². The quantitative estimate of drug-likeness (QED) is 0.687. The molecular formula is C12H16N2O6S2. The number of carbonyl (C=O) groups is 2. The Morgan fingerprint density at radius 2 is 1.95 bits per heavy atom. The molecule has 0 aromatic carbocycles. The molecule has 0 radical (unpaired) electrons. The molecule has 1 aromatic rings. The first-order chi connectivity index (χ1) is 10.2. The van der Waals surface area contributed by atoms with Gasteiger partial charge in [-0.1, -0.05) is 0 Å². The number of sulfonamides is 1. The molecule has 2 heterocycles. The van der Waals surface area contributed by atoms with E-state index < -0.39 is 21.6 Å². The number of rotatable bonds is 4. The van der Waals surface area contributed by atoms with Crippen LogP contribution in [0.1, 0.15) is 22.5 Å². The summed E-state index contributed by atoms with van der Waals surface area (Å²) in [6, 6.07) is 1.29. The van der Waals surface area contributed by atoms with Gasteiger partial charge in [-0.15, -0.1) is 11.3 Å². The number of piperidine rings is 1. The molecule has 22 heavy (non-hydrogen) atoms. The van der Waals surface area contributed by atoms with Crippen molar-refractivity contribution < 1.29 is 28.2 Å². The number of carboxylic acid groups (broad SMARTS) is 1. The highest BCUT2D eigenvalue weighted by Gasteiger charge is 2.42. The Bertz CT molecular complexity index is 688. The first kappa shape index (κ1) is 16.9. The molecule has 1 aliphatic rings. The third kappa shape index (κ3) is 3.00. The number of amides is 1. The van der Waals surface area contributed by atoms with Gasteiger partial charge in [-0.05, 0) is 6.07 Å². The molecule has 122 valence electrons. The summed E-state index contributed by atoms with van der Waals surface area (Å²) in [5, 5.41) is 22.6. The van der Waals surface area contributed by atoms with Crippen molar-refractivity contribution in [2.75, 3.05) is 20.1 Å². The third-order valence-electron chi connectivity index (χ3n) is 3.61. The fourth-order valence-electron chi connectivity index (χ4n) is 2.16. The molecule has 10 heteroatoms. The summed E-state index contributed by atoms with van der Waals surface area (Å²) in [6.45, 7) is -0.174. The van der Waals surface area contributed by atoms with E-state index in [-0.39, 0.29) is 41.6 Å². The third-order valence-corrected chi connectivity index (χ3v) is 6.57. The van der Waals surface area contributed by atoms with Crippen LogP contribution in [-0.4, -0.2) is 60.6 Å². The number of carbonyl (C=O) groups excluding carboxylic acids is 1. The van der Waals surface area contributed by atoms with Gasteiger partial charge in [-0.3, -0.25) is 4.79 Å². The van der Waals surface area contributed by atoms with Crippen LogP contribution >= 0.6 is 11.3 Å². The lowest BCUT2D eigenvalue weighted by atomic mass is 9.93. The van der Waals surface area contributed by atoms with Crippen molar-refractivity contribution in [3.63, 3.8) is 0 Å². The van der Waals surface area contributed by atoms with Gasteiger partial charge in [-0.2, -0.15) is 4.31 Å². The van der Waals surface area contributed by atoms with Gasteiger partial charge in [0, 0.05) is 38.4 Å². The second-order valence-corrected chi connectivity index (χ2v) is 7.82. The van der Waals surface area contributed by atoms with E-state index in [1.807, 2.05) is 0 Å². The summed E-state index contributed by atoms with van der Waals surface area (Å²) in [6.07, 6.45) is -0.345. The van der Waals surface area contributed by atoms with Gasteiger partial charge in [0.25, 0.3) is 5.91 Å². The van der Waals surface area contributed by atoms with Gasteiger partial charge in [0.2, 0.25) is 10.0 Å². The maximum Gasteiger partial charge on any atom is 0.335 e. The van der Waals surface area contributed by atoms with Crippen LogP contribution in [0.15, 0.2) is 16.3 Å². The standard InChI is InChI=1S/C12H16N2O6S2/c1-13-10(15)9-6-8(7-21-9)22(19,20)14-4-2-12(18,3-5-14)11(16)17/h6-7,18H,2-5H2,1H3,(H,13,15)(H,16,17). The highest BCUT2D eigenvalue weighted by molar-refractivity contribution is 7.89. The van der Waals surface area contributed by atoms with Crippen LogP contribution < -0.4 is 5.32 Å². The number of hydrogen-bond acceptors (Lipinski definition) is 6. The van der Waals surface area contributed by atoms with E-state index in [0.717, 1.165) is 15.6 Å². The highest BCUT2D eigenvalue weighted by Crippen LogP contribution is 2.28. The molecule has 0 spiro atoms. The van der Waals surface area contributed by atoms with Crippen molar-refractivity contribution in [1.29, 1.82) is 0 Å². The van der Waals surface area contributed by atoms with Crippen molar-refractivity contribution in [2.24, 2.45) is 0 Å². The highest BCUT2D eigenvalue weighted by atomic mass is 32.2. The summed E-state index contributed by atoms with van der Waals surface area (Å²) >= 11 is 1.02. The average molecular weight is 348 g/mol. The van der Waals surface area contributed by atoms with E-state index in [1.165, 1.54) is 18.5 Å². The maximum atomic E-state index is 12.5. The van der Waals surface area contributed by atoms with E-state index in [0.29, 0.717) is 0 Å². The van der Waals surface area contributed by atoms with Gasteiger partial charge in [-0.25, -0.2) is 13.2 Å². The Morgan fingerprint density at radius 1 is 1.36 bits per heavy atom. The van der Waals surface area contributed by atoms with E-state index in [1.54, 1.807) is 0 Å². The second kappa shape index (κ2) is 5.95. The van der Waals surface area contributed by atoms with Crippen LogP contribution in [0.4, 0.5) is 0 Å². The van der Waals surface area contributed by atoms with Crippen molar-refractivity contribution >= 4 is 33.2 Å². The number of hydrogen-bond donors (Lipinski definition) is 3. The smallest absolute Gasteiger partial charge is 0.335 e. The minimum Gasteiger partial charge on any atom is -0.479 e. The molecule has 1 saturated heterocycles. The molecule has 1 fully saturated rings. The number of carboxylic acids is 1. The fraction of sp³-hybridized carbons (Fsp3) is 0.500. The van der Waals surface area contributed by atoms with Crippen molar-refractivity contribution in [1.82, 2.24) is 9.62 Å². The number of nitrogens with one attached hydrogen (secondary N) is 1. The van der Waals surface area contributed by atoms with Crippen LogP contribution in [0.2, 0.25) is 0 Å². The predicted octanol–water partition coefficient (Wildman–Crippen LogP) is -0.292. The second-order valence-electron chi connectivity index (χ2n) is 4.97. The van der Waals surface area contributed by atoms with Crippen molar-refractivity contribution in [3.8, 4) is 0 Å². The van der Waals surface area contributed by atoms with Crippen LogP contribution in [0.25, 0.3) is 0 Å². The molecule has 0 aliphatic carbocycles. The number of thiophene rings is 1. The Hall–Kier alpha value is -1.49. The average Bonchev–Trinajstić information content (AvgIpc) is 2.97. The van der Waals surface area contributed by atoms with E-state index in [9.17, 15) is 23.1 Å². The molecule has 0 atom stereocenters. The first-order valence-corrected chi connectivity index (χ1v) is 8.79. The lowest BCUT2D eigenvalue weighted by molar-refractivity contribution is -0.162. The molecule has 3 N–H and O–H groups in total. The zero-order valence-corrected chi connectivity index (χ0v) is 13.4. The normalized spacial score (nSPS) is 18.8. The molecule has 0 bridgehead atoms. The van der Waals surface area contributed by atoms with Gasteiger partial charge < -0.3 is 15.5 Å². The largest absolute Gasteiger partial charge is 0.479 e.